The second-order valence-electron chi connectivity index (χ2n) is 16.1. The minimum absolute atomic E-state index is 0. The van der Waals surface area contributed by atoms with Gasteiger partial charge in [0.1, 0.15) is 12.3 Å². The molecular weight excluding hydrogens is 1020 g/mol. The van der Waals surface area contributed by atoms with Crippen molar-refractivity contribution in [2.45, 2.75) is 0 Å². The van der Waals surface area contributed by atoms with E-state index < -0.39 is 15.8 Å². The SMILES string of the molecule is [Ag+].[Ag+].[C-]#Cc1ccc2ccc3cccc4ccc1c2c34.[C-]#Cc1ccc2ccc3cccc4ccc1c2c34.c1ccc([PH+](CC[PH+](c2ccccc2)c2ccccc2)c2ccccc2)cc1. The van der Waals surface area contributed by atoms with Crippen molar-refractivity contribution in [2.24, 2.45) is 0 Å². The summed E-state index contributed by atoms with van der Waals surface area (Å²) in [7, 11) is -1.57. The first-order valence-corrected chi connectivity index (χ1v) is 25.2. The van der Waals surface area contributed by atoms with Crippen molar-refractivity contribution in [3.63, 3.8) is 0 Å². The molecule has 0 fully saturated rings. The van der Waals surface area contributed by atoms with Crippen molar-refractivity contribution in [1.29, 1.82) is 0 Å². The van der Waals surface area contributed by atoms with Gasteiger partial charge in [-0.1, -0.05) is 181 Å². The summed E-state index contributed by atoms with van der Waals surface area (Å²) >= 11 is 0. The topological polar surface area (TPSA) is 0 Å². The summed E-state index contributed by atoms with van der Waals surface area (Å²) in [6.07, 6.45) is 17.3. The molecule has 0 spiro atoms. The van der Waals surface area contributed by atoms with E-state index in [9.17, 15) is 0 Å². The van der Waals surface area contributed by atoms with Gasteiger partial charge in [-0.05, 0) is 102 Å². The number of benzene rings is 12. The molecular formula is C62H44Ag2P2+2. The summed E-state index contributed by atoms with van der Waals surface area (Å²) in [5.74, 6) is 5.06. The molecule has 0 N–H and O–H groups in total. The van der Waals surface area contributed by atoms with Crippen LogP contribution in [0.4, 0.5) is 0 Å². The quantitative estimate of drug-likeness (QED) is 0.0491. The van der Waals surface area contributed by atoms with Crippen LogP contribution >= 0.6 is 15.8 Å². The van der Waals surface area contributed by atoms with Crippen LogP contribution in [0, 0.1) is 24.7 Å². The van der Waals surface area contributed by atoms with Crippen molar-refractivity contribution in [1.82, 2.24) is 0 Å². The van der Waals surface area contributed by atoms with E-state index in [-0.39, 0.29) is 44.8 Å². The van der Waals surface area contributed by atoms with E-state index in [1.54, 1.807) is 0 Å². The third kappa shape index (κ3) is 9.54. The van der Waals surface area contributed by atoms with E-state index in [4.69, 9.17) is 12.8 Å². The molecule has 4 heteroatoms. The molecule has 0 atom stereocenters. The number of rotatable bonds is 7. The third-order valence-corrected chi connectivity index (χ3v) is 18.6. The van der Waals surface area contributed by atoms with Crippen molar-refractivity contribution in [3.05, 3.63) is 254 Å². The average Bonchev–Trinajstić information content (AvgIpc) is 3.37. The molecule has 0 bridgehead atoms. The Hall–Kier alpha value is -5.82. The molecule has 0 aromatic heterocycles. The van der Waals surface area contributed by atoms with Gasteiger partial charge in [-0.15, -0.1) is 23.3 Å². The van der Waals surface area contributed by atoms with Gasteiger partial charge in [0.25, 0.3) is 0 Å². The van der Waals surface area contributed by atoms with Gasteiger partial charge >= 0.3 is 44.8 Å². The van der Waals surface area contributed by atoms with Crippen LogP contribution in [-0.2, 0) is 44.8 Å². The fourth-order valence-corrected chi connectivity index (χ4v) is 15.6. The van der Waals surface area contributed by atoms with Gasteiger partial charge in [0.15, 0.2) is 0 Å². The second-order valence-corrected chi connectivity index (χ2v) is 21.3. The largest absolute Gasteiger partial charge is 1.00 e. The molecule has 0 amide bonds. The molecule has 0 aliphatic rings. The van der Waals surface area contributed by atoms with Crippen LogP contribution in [0.2, 0.25) is 0 Å². The summed E-state index contributed by atoms with van der Waals surface area (Å²) in [6.45, 7) is 0. The Morgan fingerprint density at radius 3 is 0.818 bits per heavy atom. The fraction of sp³-hybridized carbons (Fsp3) is 0.0323. The van der Waals surface area contributed by atoms with E-state index >= 15 is 0 Å². The van der Waals surface area contributed by atoms with E-state index in [0.717, 1.165) is 21.9 Å². The Morgan fingerprint density at radius 1 is 0.273 bits per heavy atom. The van der Waals surface area contributed by atoms with Crippen LogP contribution < -0.4 is 21.2 Å². The molecule has 12 aromatic rings. The summed E-state index contributed by atoms with van der Waals surface area (Å²) < 4.78 is 0. The fourth-order valence-electron chi connectivity index (χ4n) is 9.41. The van der Waals surface area contributed by atoms with Gasteiger partial charge in [-0.2, -0.15) is 0 Å². The summed E-state index contributed by atoms with van der Waals surface area (Å²) in [5, 5.41) is 20.9. The van der Waals surface area contributed by atoms with Crippen LogP contribution in [0.1, 0.15) is 11.1 Å². The summed E-state index contributed by atoms with van der Waals surface area (Å²) in [4.78, 5) is 0. The van der Waals surface area contributed by atoms with E-state index in [2.05, 4.69) is 230 Å². The predicted molar refractivity (Wildman–Crippen MR) is 283 cm³/mol. The minimum atomic E-state index is -0.783. The molecule has 0 nitrogen and oxygen atoms in total. The maximum atomic E-state index is 7.41. The monoisotopic (exact) mass is 1060 g/mol. The number of hydrogen-bond acceptors (Lipinski definition) is 0. The van der Waals surface area contributed by atoms with Crippen LogP contribution in [0.5, 0.6) is 0 Å². The Bertz CT molecular complexity index is 3230. The molecule has 322 valence electrons. The summed E-state index contributed by atoms with van der Waals surface area (Å²) in [5.41, 5.74) is 1.72. The van der Waals surface area contributed by atoms with Gasteiger partial charge < -0.3 is 12.8 Å². The Morgan fingerprint density at radius 2 is 0.530 bits per heavy atom. The Balaban J connectivity index is 0.000000137. The number of hydrogen-bond donors (Lipinski definition) is 0. The van der Waals surface area contributed by atoms with Crippen molar-refractivity contribution >= 4 is 102 Å². The van der Waals surface area contributed by atoms with Gasteiger partial charge in [0.05, 0.1) is 37.1 Å². The van der Waals surface area contributed by atoms with Crippen LogP contribution in [0.3, 0.4) is 0 Å². The van der Waals surface area contributed by atoms with E-state index in [1.807, 2.05) is 12.1 Å². The third-order valence-electron chi connectivity index (χ3n) is 12.4. The predicted octanol–water partition coefficient (Wildman–Crippen LogP) is 13.8. The zero-order chi connectivity index (χ0) is 43.2. The molecule has 0 unspecified atom stereocenters. The van der Waals surface area contributed by atoms with Gasteiger partial charge in [0.2, 0.25) is 0 Å². The van der Waals surface area contributed by atoms with E-state index in [0.29, 0.717) is 0 Å². The molecule has 0 radical (unpaired) electrons. The van der Waals surface area contributed by atoms with Crippen LogP contribution in [-0.4, -0.2) is 12.3 Å². The minimum Gasteiger partial charge on any atom is -0.366 e. The van der Waals surface area contributed by atoms with Gasteiger partial charge in [-0.25, -0.2) is 0 Å². The molecule has 0 heterocycles. The molecule has 0 saturated heterocycles. The molecule has 12 aromatic carbocycles. The first kappa shape index (κ1) is 46.7. The molecule has 0 saturated carbocycles. The van der Waals surface area contributed by atoms with Crippen molar-refractivity contribution in [3.8, 4) is 11.8 Å². The first-order valence-electron chi connectivity index (χ1n) is 21.8. The van der Waals surface area contributed by atoms with Crippen LogP contribution in [0.15, 0.2) is 231 Å². The van der Waals surface area contributed by atoms with Crippen molar-refractivity contribution < 1.29 is 44.8 Å². The maximum absolute atomic E-state index is 7.41. The maximum Gasteiger partial charge on any atom is 1.00 e. The zero-order valence-electron chi connectivity index (χ0n) is 36.0. The molecule has 0 aliphatic carbocycles. The van der Waals surface area contributed by atoms with Gasteiger partial charge in [0, 0.05) is 0 Å². The first-order chi connectivity index (χ1) is 31.7. The van der Waals surface area contributed by atoms with Gasteiger partial charge in [-0.3, -0.25) is 11.8 Å². The molecule has 66 heavy (non-hydrogen) atoms. The van der Waals surface area contributed by atoms with E-state index in [1.165, 1.54) is 87.4 Å². The normalized spacial score (nSPS) is 10.8. The molecule has 0 aliphatic heterocycles. The smallest absolute Gasteiger partial charge is 0.366 e. The zero-order valence-corrected chi connectivity index (χ0v) is 40.9. The summed E-state index contributed by atoms with van der Waals surface area (Å²) in [6, 6.07) is 82.4. The second kappa shape index (κ2) is 21.7. The van der Waals surface area contributed by atoms with Crippen LogP contribution in [0.25, 0.3) is 64.6 Å². The average molecular weight is 1070 g/mol. The standard InChI is InChI=1S/C26H24P2.2C18H9.2Ag/c1-5-13-23(14-6-1)27(24-15-7-2-8-16-24)21-22-28(25-17-9-3-10-18-25)26-19-11-4-12-20-26;2*1-2-12-6-7-15-9-8-13-4-3-5-14-10-11-16(12)18(15)17(13)14;;/h1-20H,21-22H2;2*3-11H;;/q;2*-1;2*+1/p+2. The Kier molecular flexibility index (Phi) is 15.3. The Labute approximate surface area is 421 Å². The van der Waals surface area contributed by atoms with Crippen molar-refractivity contribution in [2.75, 3.05) is 12.3 Å². The molecule has 12 rings (SSSR count).